The van der Waals surface area contributed by atoms with Crippen molar-refractivity contribution in [1.82, 2.24) is 0 Å². The van der Waals surface area contributed by atoms with Gasteiger partial charge in [-0.2, -0.15) is 0 Å². The molecule has 2 aromatic rings. The molecular formula is C16H20O. The van der Waals surface area contributed by atoms with E-state index in [1.807, 2.05) is 12.1 Å². The number of rotatable bonds is 5. The van der Waals surface area contributed by atoms with Gasteiger partial charge >= 0.3 is 0 Å². The van der Waals surface area contributed by atoms with E-state index in [0.717, 1.165) is 30.6 Å². The van der Waals surface area contributed by atoms with Crippen molar-refractivity contribution in [2.45, 2.75) is 39.5 Å². The zero-order valence-corrected chi connectivity index (χ0v) is 10.7. The first-order valence-electron chi connectivity index (χ1n) is 6.53. The summed E-state index contributed by atoms with van der Waals surface area (Å²) in [5.41, 5.74) is 2.34. The second-order valence-electron chi connectivity index (χ2n) is 4.42. The Morgan fingerprint density at radius 3 is 2.71 bits per heavy atom. The van der Waals surface area contributed by atoms with Gasteiger partial charge in [0.25, 0.3) is 0 Å². The third-order valence-electron chi connectivity index (χ3n) is 2.94. The average Bonchev–Trinajstić information content (AvgIpc) is 2.78. The Balaban J connectivity index is 2.34. The van der Waals surface area contributed by atoms with E-state index < -0.39 is 0 Å². The lowest BCUT2D eigenvalue weighted by Crippen LogP contribution is -1.81. The van der Waals surface area contributed by atoms with Crippen molar-refractivity contribution in [1.29, 1.82) is 0 Å². The van der Waals surface area contributed by atoms with Gasteiger partial charge in [-0.3, -0.25) is 0 Å². The van der Waals surface area contributed by atoms with E-state index in [2.05, 4.69) is 38.1 Å². The maximum Gasteiger partial charge on any atom is 0.134 e. The van der Waals surface area contributed by atoms with Crippen LogP contribution in [0.1, 0.15) is 45.3 Å². The van der Waals surface area contributed by atoms with Crippen LogP contribution in [0.5, 0.6) is 0 Å². The van der Waals surface area contributed by atoms with Crippen LogP contribution in [-0.4, -0.2) is 0 Å². The molecule has 0 atom stereocenters. The molecule has 0 spiro atoms. The molecule has 1 aromatic carbocycles. The van der Waals surface area contributed by atoms with Crippen LogP contribution in [0.2, 0.25) is 0 Å². The molecule has 1 heteroatoms. The van der Waals surface area contributed by atoms with Crippen LogP contribution < -0.4 is 0 Å². The minimum absolute atomic E-state index is 0.987. The van der Waals surface area contributed by atoms with E-state index in [1.54, 1.807) is 0 Å². The summed E-state index contributed by atoms with van der Waals surface area (Å²) < 4.78 is 5.91. The number of fused-ring (bicyclic) bond motifs is 1. The Hall–Kier alpha value is -1.50. The molecule has 0 aliphatic carbocycles. The molecule has 1 aromatic heterocycles. The van der Waals surface area contributed by atoms with Crippen LogP contribution in [0.25, 0.3) is 16.5 Å². The molecule has 0 amide bonds. The Bertz CT molecular complexity index is 472. The summed E-state index contributed by atoms with van der Waals surface area (Å²) in [5.74, 6) is 1.04. The number of para-hydroxylation sites is 1. The largest absolute Gasteiger partial charge is 0.456 e. The number of benzene rings is 1. The highest BCUT2D eigenvalue weighted by molar-refractivity contribution is 5.81. The van der Waals surface area contributed by atoms with Gasteiger partial charge in [0.1, 0.15) is 11.3 Å². The van der Waals surface area contributed by atoms with Crippen molar-refractivity contribution in [3.8, 4) is 0 Å². The molecule has 0 fully saturated rings. The van der Waals surface area contributed by atoms with Crippen LogP contribution in [0.3, 0.4) is 0 Å². The predicted octanol–water partition coefficient (Wildman–Crippen LogP) is 5.42. The van der Waals surface area contributed by atoms with Crippen LogP contribution in [0.4, 0.5) is 0 Å². The summed E-state index contributed by atoms with van der Waals surface area (Å²) >= 11 is 0. The fourth-order valence-corrected chi connectivity index (χ4v) is 2.05. The minimum Gasteiger partial charge on any atom is -0.456 e. The van der Waals surface area contributed by atoms with Crippen LogP contribution in [0, 0.1) is 0 Å². The Kier molecular flexibility index (Phi) is 4.03. The Labute approximate surface area is 103 Å². The van der Waals surface area contributed by atoms with E-state index in [1.165, 1.54) is 17.4 Å². The Morgan fingerprint density at radius 1 is 1.18 bits per heavy atom. The molecule has 0 aliphatic heterocycles. The summed E-state index contributed by atoms with van der Waals surface area (Å²) in [4.78, 5) is 0. The SMILES string of the molecule is CCC/C=C(\CCC)c1cc2ccccc2o1. The summed E-state index contributed by atoms with van der Waals surface area (Å²) in [5, 5.41) is 1.20. The van der Waals surface area contributed by atoms with E-state index in [4.69, 9.17) is 4.42 Å². The first-order chi connectivity index (χ1) is 8.35. The summed E-state index contributed by atoms with van der Waals surface area (Å²) in [7, 11) is 0. The first-order valence-corrected chi connectivity index (χ1v) is 6.53. The van der Waals surface area contributed by atoms with Crippen molar-refractivity contribution in [3.05, 3.63) is 42.2 Å². The van der Waals surface area contributed by atoms with Gasteiger partial charge in [0.2, 0.25) is 0 Å². The summed E-state index contributed by atoms with van der Waals surface area (Å²) in [6.45, 7) is 4.42. The second-order valence-corrected chi connectivity index (χ2v) is 4.42. The standard InChI is InChI=1S/C16H20O/c1-3-5-9-13(8-4-2)16-12-14-10-6-7-11-15(14)17-16/h6-7,9-12H,3-5,8H2,1-2H3/b13-9+. The third kappa shape index (κ3) is 2.79. The van der Waals surface area contributed by atoms with Gasteiger partial charge in [-0.05, 0) is 30.5 Å². The fourth-order valence-electron chi connectivity index (χ4n) is 2.05. The van der Waals surface area contributed by atoms with Crippen LogP contribution in [0.15, 0.2) is 40.8 Å². The van der Waals surface area contributed by atoms with E-state index >= 15 is 0 Å². The number of allylic oxidation sites excluding steroid dienone is 2. The molecule has 17 heavy (non-hydrogen) atoms. The monoisotopic (exact) mass is 228 g/mol. The van der Waals surface area contributed by atoms with Gasteiger partial charge in [0.05, 0.1) is 0 Å². The molecule has 0 saturated carbocycles. The van der Waals surface area contributed by atoms with Crippen LogP contribution >= 0.6 is 0 Å². The van der Waals surface area contributed by atoms with Gasteiger partial charge in [-0.1, -0.05) is 51.0 Å². The summed E-state index contributed by atoms with van der Waals surface area (Å²) in [6, 6.07) is 10.4. The molecule has 1 heterocycles. The van der Waals surface area contributed by atoms with Gasteiger partial charge in [-0.15, -0.1) is 0 Å². The molecule has 0 aliphatic rings. The minimum atomic E-state index is 0.987. The molecule has 0 bridgehead atoms. The topological polar surface area (TPSA) is 13.1 Å². The van der Waals surface area contributed by atoms with Gasteiger partial charge < -0.3 is 4.42 Å². The van der Waals surface area contributed by atoms with Gasteiger partial charge in [0.15, 0.2) is 0 Å². The van der Waals surface area contributed by atoms with Crippen molar-refractivity contribution >= 4 is 16.5 Å². The highest BCUT2D eigenvalue weighted by Crippen LogP contribution is 2.27. The smallest absolute Gasteiger partial charge is 0.134 e. The number of hydrogen-bond donors (Lipinski definition) is 0. The molecule has 2 rings (SSSR count). The van der Waals surface area contributed by atoms with Gasteiger partial charge in [-0.25, -0.2) is 0 Å². The zero-order valence-electron chi connectivity index (χ0n) is 10.7. The van der Waals surface area contributed by atoms with E-state index in [-0.39, 0.29) is 0 Å². The maximum atomic E-state index is 5.91. The third-order valence-corrected chi connectivity index (χ3v) is 2.94. The fraction of sp³-hybridized carbons (Fsp3) is 0.375. The number of furan rings is 1. The molecule has 0 N–H and O–H groups in total. The highest BCUT2D eigenvalue weighted by Gasteiger charge is 2.07. The lowest BCUT2D eigenvalue weighted by molar-refractivity contribution is 0.595. The maximum absolute atomic E-state index is 5.91. The van der Waals surface area contributed by atoms with Crippen molar-refractivity contribution in [2.24, 2.45) is 0 Å². The molecule has 90 valence electrons. The lowest BCUT2D eigenvalue weighted by atomic mass is 10.1. The highest BCUT2D eigenvalue weighted by atomic mass is 16.3. The zero-order chi connectivity index (χ0) is 12.1. The molecule has 1 nitrogen and oxygen atoms in total. The van der Waals surface area contributed by atoms with Crippen molar-refractivity contribution in [3.63, 3.8) is 0 Å². The average molecular weight is 228 g/mol. The lowest BCUT2D eigenvalue weighted by Gasteiger charge is -2.01. The molecule has 0 unspecified atom stereocenters. The molecular weight excluding hydrogens is 208 g/mol. The van der Waals surface area contributed by atoms with Crippen LogP contribution in [-0.2, 0) is 0 Å². The molecule has 0 saturated heterocycles. The quantitative estimate of drug-likeness (QED) is 0.666. The Morgan fingerprint density at radius 2 is 2.00 bits per heavy atom. The van der Waals surface area contributed by atoms with E-state index in [9.17, 15) is 0 Å². The van der Waals surface area contributed by atoms with Crippen molar-refractivity contribution < 1.29 is 4.42 Å². The van der Waals surface area contributed by atoms with E-state index in [0.29, 0.717) is 0 Å². The summed E-state index contributed by atoms with van der Waals surface area (Å²) in [6.07, 6.45) is 6.90. The molecule has 0 radical (unpaired) electrons. The predicted molar refractivity (Wildman–Crippen MR) is 74.0 cm³/mol. The number of unbranched alkanes of at least 4 members (excludes halogenated alkanes) is 1. The van der Waals surface area contributed by atoms with Gasteiger partial charge in [0, 0.05) is 5.39 Å². The van der Waals surface area contributed by atoms with Crippen molar-refractivity contribution in [2.75, 3.05) is 0 Å². The first kappa shape index (κ1) is 12.0. The normalized spacial score (nSPS) is 12.2. The number of hydrogen-bond acceptors (Lipinski definition) is 1. The second kappa shape index (κ2) is 5.72.